The molecule has 0 amide bonds. The Labute approximate surface area is 125 Å². The molecule has 0 saturated heterocycles. The van der Waals surface area contributed by atoms with Crippen molar-refractivity contribution in [2.45, 2.75) is 6.92 Å². The van der Waals surface area contributed by atoms with Gasteiger partial charge in [0, 0.05) is 23.1 Å². The molecular weight excluding hydrogens is 293 g/mol. The summed E-state index contributed by atoms with van der Waals surface area (Å²) in [6.45, 7) is 2.00. The smallest absolute Gasteiger partial charge is 0.0752 e. The first-order valence-corrected chi connectivity index (χ1v) is 4.75. The number of rotatable bonds is 1. The Morgan fingerprint density at radius 1 is 1.00 bits per heavy atom. The lowest BCUT2D eigenvalue weighted by atomic mass is 10.0. The van der Waals surface area contributed by atoms with Crippen LogP contribution in [-0.2, 0) is 0 Å². The fourth-order valence-electron chi connectivity index (χ4n) is 1.55. The maximum atomic E-state index is 5.89. The number of hydrogen-bond acceptors (Lipinski definition) is 3. The molecule has 0 bridgehead atoms. The first-order chi connectivity index (χ1) is 7.18. The van der Waals surface area contributed by atoms with Gasteiger partial charge in [-0.3, -0.25) is 4.98 Å². The number of aryl methyl sites for hydroxylation is 1. The van der Waals surface area contributed by atoms with Crippen molar-refractivity contribution in [1.29, 1.82) is 0 Å². The fourth-order valence-corrected chi connectivity index (χ4v) is 1.55. The van der Waals surface area contributed by atoms with E-state index in [1.54, 1.807) is 18.3 Å². The number of nitrogens with two attached hydrogens (primary N) is 2. The van der Waals surface area contributed by atoms with Gasteiger partial charge in [0.05, 0.1) is 5.69 Å². The molecular formula is C12H16Cl3N3. The molecule has 3 nitrogen and oxygen atoms in total. The standard InChI is InChI=1S/C12H13N3.3ClH/c1-8-3-2-6-15-12(8)10-7-9(13)4-5-11(10)14;;;/h2-7H,13-14H2,1H3;3*1H. The molecule has 0 aliphatic carbocycles. The van der Waals surface area contributed by atoms with E-state index in [1.165, 1.54) is 0 Å². The Morgan fingerprint density at radius 2 is 1.67 bits per heavy atom. The normalized spacial score (nSPS) is 8.50. The number of pyridine rings is 1. The predicted molar refractivity (Wildman–Crippen MR) is 85.0 cm³/mol. The Bertz CT molecular complexity index is 504. The first-order valence-electron chi connectivity index (χ1n) is 4.75. The summed E-state index contributed by atoms with van der Waals surface area (Å²) in [5.74, 6) is 0. The molecule has 0 radical (unpaired) electrons. The van der Waals surface area contributed by atoms with E-state index in [9.17, 15) is 0 Å². The third-order valence-electron chi connectivity index (χ3n) is 2.34. The van der Waals surface area contributed by atoms with Gasteiger partial charge in [-0.25, -0.2) is 0 Å². The Hall–Kier alpha value is -1.16. The average Bonchev–Trinajstić information content (AvgIpc) is 2.23. The van der Waals surface area contributed by atoms with Crippen LogP contribution in [0.15, 0.2) is 36.5 Å². The van der Waals surface area contributed by atoms with Crippen molar-refractivity contribution in [2.24, 2.45) is 0 Å². The summed E-state index contributed by atoms with van der Waals surface area (Å²) in [7, 11) is 0. The maximum absolute atomic E-state index is 5.89. The van der Waals surface area contributed by atoms with E-state index in [2.05, 4.69) is 4.98 Å². The van der Waals surface area contributed by atoms with Crippen molar-refractivity contribution in [2.75, 3.05) is 11.5 Å². The van der Waals surface area contributed by atoms with E-state index in [1.807, 2.05) is 25.1 Å². The Morgan fingerprint density at radius 3 is 2.28 bits per heavy atom. The summed E-state index contributed by atoms with van der Waals surface area (Å²) in [5.41, 5.74) is 15.9. The van der Waals surface area contributed by atoms with Crippen LogP contribution in [-0.4, -0.2) is 4.98 Å². The highest BCUT2D eigenvalue weighted by Crippen LogP contribution is 2.28. The maximum Gasteiger partial charge on any atom is 0.0752 e. The van der Waals surface area contributed by atoms with E-state index >= 15 is 0 Å². The highest BCUT2D eigenvalue weighted by Gasteiger charge is 2.06. The van der Waals surface area contributed by atoms with Gasteiger partial charge >= 0.3 is 0 Å². The van der Waals surface area contributed by atoms with Gasteiger partial charge in [-0.05, 0) is 36.8 Å². The third kappa shape index (κ3) is 3.95. The quantitative estimate of drug-likeness (QED) is 0.793. The highest BCUT2D eigenvalue weighted by atomic mass is 35.5. The van der Waals surface area contributed by atoms with Crippen LogP contribution in [0, 0.1) is 6.92 Å². The molecule has 0 saturated carbocycles. The summed E-state index contributed by atoms with van der Waals surface area (Å²) in [4.78, 5) is 4.31. The SMILES string of the molecule is Cc1cccnc1-c1cc(N)ccc1N.Cl.Cl.Cl. The number of aromatic nitrogens is 1. The van der Waals surface area contributed by atoms with Crippen molar-refractivity contribution in [1.82, 2.24) is 4.98 Å². The lowest BCUT2D eigenvalue weighted by molar-refractivity contribution is 1.27. The van der Waals surface area contributed by atoms with E-state index in [0.29, 0.717) is 11.4 Å². The number of halogens is 3. The summed E-state index contributed by atoms with van der Waals surface area (Å²) >= 11 is 0. The summed E-state index contributed by atoms with van der Waals surface area (Å²) in [6.07, 6.45) is 1.75. The molecule has 0 atom stereocenters. The molecule has 4 N–H and O–H groups in total. The predicted octanol–water partition coefficient (Wildman–Crippen LogP) is 3.49. The summed E-state index contributed by atoms with van der Waals surface area (Å²) in [5, 5.41) is 0. The number of hydrogen-bond donors (Lipinski definition) is 2. The lowest BCUT2D eigenvalue weighted by Gasteiger charge is -2.08. The largest absolute Gasteiger partial charge is 0.399 e. The van der Waals surface area contributed by atoms with E-state index in [0.717, 1.165) is 16.8 Å². The zero-order valence-electron chi connectivity index (χ0n) is 9.79. The van der Waals surface area contributed by atoms with Gasteiger partial charge in [-0.15, -0.1) is 37.2 Å². The summed E-state index contributed by atoms with van der Waals surface area (Å²) < 4.78 is 0. The summed E-state index contributed by atoms with van der Waals surface area (Å²) in [6, 6.07) is 9.35. The average molecular weight is 309 g/mol. The van der Waals surface area contributed by atoms with Gasteiger partial charge in [0.15, 0.2) is 0 Å². The van der Waals surface area contributed by atoms with Crippen LogP contribution in [0.25, 0.3) is 11.3 Å². The minimum Gasteiger partial charge on any atom is -0.399 e. The van der Waals surface area contributed by atoms with Crippen LogP contribution in [0.3, 0.4) is 0 Å². The molecule has 2 aromatic rings. The molecule has 1 heterocycles. The molecule has 0 unspecified atom stereocenters. The molecule has 2 rings (SSSR count). The van der Waals surface area contributed by atoms with Crippen molar-refractivity contribution < 1.29 is 0 Å². The second kappa shape index (κ2) is 8.03. The molecule has 0 aliphatic rings. The van der Waals surface area contributed by atoms with Gasteiger partial charge in [0.1, 0.15) is 0 Å². The van der Waals surface area contributed by atoms with E-state index < -0.39 is 0 Å². The van der Waals surface area contributed by atoms with E-state index in [-0.39, 0.29) is 37.2 Å². The van der Waals surface area contributed by atoms with Gasteiger partial charge in [0.2, 0.25) is 0 Å². The van der Waals surface area contributed by atoms with Crippen molar-refractivity contribution in [3.63, 3.8) is 0 Å². The van der Waals surface area contributed by atoms with Crippen LogP contribution in [0.5, 0.6) is 0 Å². The van der Waals surface area contributed by atoms with Gasteiger partial charge in [-0.2, -0.15) is 0 Å². The number of nitrogens with zero attached hydrogens (tertiary/aromatic N) is 1. The van der Waals surface area contributed by atoms with Gasteiger partial charge in [0.25, 0.3) is 0 Å². The Balaban J connectivity index is 0. The molecule has 1 aromatic carbocycles. The second-order valence-corrected chi connectivity index (χ2v) is 3.52. The fraction of sp³-hybridized carbons (Fsp3) is 0.0833. The van der Waals surface area contributed by atoms with E-state index in [4.69, 9.17) is 11.5 Å². The lowest BCUT2D eigenvalue weighted by Crippen LogP contribution is -1.95. The topological polar surface area (TPSA) is 64.9 Å². The number of nitrogen functional groups attached to an aromatic ring is 2. The zero-order chi connectivity index (χ0) is 10.8. The minimum absolute atomic E-state index is 0. The minimum atomic E-state index is 0. The zero-order valence-corrected chi connectivity index (χ0v) is 12.2. The van der Waals surface area contributed by atoms with Crippen LogP contribution in [0.2, 0.25) is 0 Å². The molecule has 0 spiro atoms. The second-order valence-electron chi connectivity index (χ2n) is 3.52. The van der Waals surface area contributed by atoms with Crippen molar-refractivity contribution >= 4 is 48.6 Å². The Kier molecular flexibility index (Phi) is 8.56. The molecule has 18 heavy (non-hydrogen) atoms. The van der Waals surface area contributed by atoms with Crippen molar-refractivity contribution in [3.8, 4) is 11.3 Å². The molecule has 0 aliphatic heterocycles. The molecule has 100 valence electrons. The monoisotopic (exact) mass is 307 g/mol. The van der Waals surface area contributed by atoms with Crippen LogP contribution < -0.4 is 11.5 Å². The van der Waals surface area contributed by atoms with Crippen LogP contribution >= 0.6 is 37.2 Å². The number of benzene rings is 1. The highest BCUT2D eigenvalue weighted by molar-refractivity contribution is 5.86. The molecule has 0 fully saturated rings. The molecule has 6 heteroatoms. The van der Waals surface area contributed by atoms with Crippen LogP contribution in [0.4, 0.5) is 11.4 Å². The third-order valence-corrected chi connectivity index (χ3v) is 2.34. The molecule has 1 aromatic heterocycles. The van der Waals surface area contributed by atoms with Crippen LogP contribution in [0.1, 0.15) is 5.56 Å². The number of anilines is 2. The van der Waals surface area contributed by atoms with Gasteiger partial charge in [-0.1, -0.05) is 6.07 Å². The van der Waals surface area contributed by atoms with Crippen molar-refractivity contribution in [3.05, 3.63) is 42.1 Å². The van der Waals surface area contributed by atoms with Gasteiger partial charge < -0.3 is 11.5 Å². The first kappa shape index (κ1) is 19.2.